The maximum Gasteiger partial charge on any atom is 0.275 e. The standard InChI is InChI=1S/C14H15N5OS/c1-2-7-15-14-18-17-12(21-14)9-19-13(20)11-6-4-3-5-10(11)8-16-19/h3-6,8H,2,7,9H2,1H3,(H,15,18). The monoisotopic (exact) mass is 301 g/mol. The molecule has 1 N–H and O–H groups in total. The van der Waals surface area contributed by atoms with Gasteiger partial charge in [0.15, 0.2) is 0 Å². The van der Waals surface area contributed by atoms with E-state index in [1.807, 2.05) is 24.3 Å². The lowest BCUT2D eigenvalue weighted by Crippen LogP contribution is -2.23. The van der Waals surface area contributed by atoms with E-state index in [1.165, 1.54) is 16.0 Å². The number of fused-ring (bicyclic) bond motifs is 1. The fourth-order valence-electron chi connectivity index (χ4n) is 1.99. The molecule has 1 aromatic carbocycles. The van der Waals surface area contributed by atoms with Gasteiger partial charge in [-0.1, -0.05) is 36.5 Å². The number of rotatable bonds is 5. The first-order valence-corrected chi connectivity index (χ1v) is 7.60. The van der Waals surface area contributed by atoms with Crippen LogP contribution in [0.5, 0.6) is 0 Å². The first-order chi connectivity index (χ1) is 10.3. The Kier molecular flexibility index (Phi) is 3.92. The average Bonchev–Trinajstić information content (AvgIpc) is 2.96. The van der Waals surface area contributed by atoms with Crippen LogP contribution < -0.4 is 10.9 Å². The van der Waals surface area contributed by atoms with Crippen molar-refractivity contribution in [1.82, 2.24) is 20.0 Å². The zero-order valence-corrected chi connectivity index (χ0v) is 12.4. The molecule has 0 saturated heterocycles. The molecule has 0 aliphatic carbocycles. The Morgan fingerprint density at radius 2 is 2.14 bits per heavy atom. The van der Waals surface area contributed by atoms with Crippen molar-refractivity contribution in [3.05, 3.63) is 45.8 Å². The highest BCUT2D eigenvalue weighted by Crippen LogP contribution is 2.15. The largest absolute Gasteiger partial charge is 0.360 e. The van der Waals surface area contributed by atoms with Gasteiger partial charge >= 0.3 is 0 Å². The summed E-state index contributed by atoms with van der Waals surface area (Å²) in [5.74, 6) is 0. The van der Waals surface area contributed by atoms with Crippen molar-refractivity contribution in [2.75, 3.05) is 11.9 Å². The third kappa shape index (κ3) is 2.92. The lowest BCUT2D eigenvalue weighted by atomic mass is 10.2. The molecule has 0 saturated carbocycles. The topological polar surface area (TPSA) is 72.7 Å². The van der Waals surface area contributed by atoms with Crippen LogP contribution in [0.25, 0.3) is 10.8 Å². The van der Waals surface area contributed by atoms with Crippen molar-refractivity contribution in [3.8, 4) is 0 Å². The van der Waals surface area contributed by atoms with E-state index in [1.54, 1.807) is 6.20 Å². The molecule has 108 valence electrons. The lowest BCUT2D eigenvalue weighted by Gasteiger charge is -2.03. The van der Waals surface area contributed by atoms with E-state index in [2.05, 4.69) is 27.5 Å². The third-order valence-electron chi connectivity index (χ3n) is 3.04. The quantitative estimate of drug-likeness (QED) is 0.781. The van der Waals surface area contributed by atoms with Crippen molar-refractivity contribution >= 4 is 27.2 Å². The highest BCUT2D eigenvalue weighted by atomic mass is 32.1. The van der Waals surface area contributed by atoms with Crippen LogP contribution in [0.3, 0.4) is 0 Å². The van der Waals surface area contributed by atoms with E-state index in [4.69, 9.17) is 0 Å². The van der Waals surface area contributed by atoms with Gasteiger partial charge in [0.05, 0.1) is 18.1 Å². The molecule has 2 aromatic heterocycles. The maximum atomic E-state index is 12.4. The second-order valence-electron chi connectivity index (χ2n) is 4.62. The molecule has 6 nitrogen and oxygen atoms in total. The minimum atomic E-state index is -0.105. The molecular weight excluding hydrogens is 286 g/mol. The van der Waals surface area contributed by atoms with E-state index in [9.17, 15) is 4.79 Å². The zero-order chi connectivity index (χ0) is 14.7. The number of nitrogens with one attached hydrogen (secondary N) is 1. The minimum absolute atomic E-state index is 0.105. The predicted molar refractivity (Wildman–Crippen MR) is 83.8 cm³/mol. The van der Waals surface area contributed by atoms with Gasteiger partial charge in [-0.3, -0.25) is 4.79 Å². The molecule has 2 heterocycles. The smallest absolute Gasteiger partial charge is 0.275 e. The highest BCUT2D eigenvalue weighted by molar-refractivity contribution is 7.15. The SMILES string of the molecule is CCCNc1nnc(Cn2ncc3ccccc3c2=O)s1. The number of hydrogen-bond acceptors (Lipinski definition) is 6. The van der Waals surface area contributed by atoms with Crippen LogP contribution in [0.2, 0.25) is 0 Å². The van der Waals surface area contributed by atoms with E-state index >= 15 is 0 Å². The summed E-state index contributed by atoms with van der Waals surface area (Å²) in [6.45, 7) is 3.30. The molecule has 0 radical (unpaired) electrons. The van der Waals surface area contributed by atoms with Gasteiger partial charge in [-0.2, -0.15) is 5.10 Å². The van der Waals surface area contributed by atoms with Crippen molar-refractivity contribution in [1.29, 1.82) is 0 Å². The van der Waals surface area contributed by atoms with Crippen LogP contribution in [0.1, 0.15) is 18.4 Å². The van der Waals surface area contributed by atoms with Crippen molar-refractivity contribution < 1.29 is 0 Å². The van der Waals surface area contributed by atoms with Gasteiger partial charge < -0.3 is 5.32 Å². The van der Waals surface area contributed by atoms with Crippen molar-refractivity contribution in [3.63, 3.8) is 0 Å². The summed E-state index contributed by atoms with van der Waals surface area (Å²) in [4.78, 5) is 12.4. The Balaban J connectivity index is 1.86. The summed E-state index contributed by atoms with van der Waals surface area (Å²) in [5.41, 5.74) is -0.105. The molecule has 3 rings (SSSR count). The predicted octanol–water partition coefficient (Wildman–Crippen LogP) is 2.12. The Bertz CT molecular complexity index is 810. The van der Waals surface area contributed by atoms with Crippen LogP contribution in [-0.4, -0.2) is 26.5 Å². The second-order valence-corrected chi connectivity index (χ2v) is 5.68. The summed E-state index contributed by atoms with van der Waals surface area (Å²) in [6, 6.07) is 7.44. The Morgan fingerprint density at radius 3 is 3.00 bits per heavy atom. The maximum absolute atomic E-state index is 12.4. The fraction of sp³-hybridized carbons (Fsp3) is 0.286. The molecule has 0 amide bonds. The molecule has 3 aromatic rings. The molecule has 21 heavy (non-hydrogen) atoms. The average molecular weight is 301 g/mol. The molecular formula is C14H15N5OS. The number of nitrogens with zero attached hydrogens (tertiary/aromatic N) is 4. The van der Waals surface area contributed by atoms with Crippen LogP contribution in [-0.2, 0) is 6.54 Å². The minimum Gasteiger partial charge on any atom is -0.360 e. The molecule has 0 aliphatic rings. The summed E-state index contributed by atoms with van der Waals surface area (Å²) in [6.07, 6.45) is 2.73. The van der Waals surface area contributed by atoms with E-state index in [0.717, 1.165) is 28.5 Å². The van der Waals surface area contributed by atoms with Gasteiger partial charge in [0.1, 0.15) is 5.01 Å². The summed E-state index contributed by atoms with van der Waals surface area (Å²) in [7, 11) is 0. The van der Waals surface area contributed by atoms with E-state index in [0.29, 0.717) is 11.9 Å². The number of aromatic nitrogens is 4. The van der Waals surface area contributed by atoms with Gasteiger partial charge in [0.2, 0.25) is 5.13 Å². The third-order valence-corrected chi connectivity index (χ3v) is 3.91. The van der Waals surface area contributed by atoms with Gasteiger partial charge in [-0.15, -0.1) is 10.2 Å². The molecule has 0 aliphatic heterocycles. The summed E-state index contributed by atoms with van der Waals surface area (Å²) in [5, 5.41) is 18.6. The molecule has 0 atom stereocenters. The first-order valence-electron chi connectivity index (χ1n) is 6.79. The highest BCUT2D eigenvalue weighted by Gasteiger charge is 2.08. The van der Waals surface area contributed by atoms with Crippen LogP contribution in [0.4, 0.5) is 5.13 Å². The molecule has 0 bridgehead atoms. The van der Waals surface area contributed by atoms with Crippen LogP contribution in [0.15, 0.2) is 35.3 Å². The number of hydrogen-bond donors (Lipinski definition) is 1. The van der Waals surface area contributed by atoms with E-state index < -0.39 is 0 Å². The Morgan fingerprint density at radius 1 is 1.29 bits per heavy atom. The van der Waals surface area contributed by atoms with Crippen molar-refractivity contribution in [2.24, 2.45) is 0 Å². The van der Waals surface area contributed by atoms with Gasteiger partial charge in [0.25, 0.3) is 5.56 Å². The van der Waals surface area contributed by atoms with E-state index in [-0.39, 0.29) is 5.56 Å². The Labute approximate surface area is 125 Å². The van der Waals surface area contributed by atoms with Crippen LogP contribution >= 0.6 is 11.3 Å². The van der Waals surface area contributed by atoms with Gasteiger partial charge in [0, 0.05) is 11.9 Å². The van der Waals surface area contributed by atoms with Gasteiger partial charge in [-0.25, -0.2) is 4.68 Å². The summed E-state index contributed by atoms with van der Waals surface area (Å²) >= 11 is 1.45. The Hall–Kier alpha value is -2.28. The normalized spacial score (nSPS) is 10.9. The lowest BCUT2D eigenvalue weighted by molar-refractivity contribution is 0.640. The molecule has 0 unspecified atom stereocenters. The number of anilines is 1. The molecule has 0 fully saturated rings. The second kappa shape index (κ2) is 6.01. The van der Waals surface area contributed by atoms with Crippen LogP contribution in [0, 0.1) is 0 Å². The zero-order valence-electron chi connectivity index (χ0n) is 11.6. The molecule has 0 spiro atoms. The van der Waals surface area contributed by atoms with Gasteiger partial charge in [-0.05, 0) is 12.5 Å². The first kappa shape index (κ1) is 13.7. The fourth-order valence-corrected chi connectivity index (χ4v) is 2.74. The summed E-state index contributed by atoms with van der Waals surface area (Å²) < 4.78 is 1.42. The molecule has 7 heteroatoms. The van der Waals surface area contributed by atoms with Crippen molar-refractivity contribution in [2.45, 2.75) is 19.9 Å². The number of benzene rings is 1.